The second-order valence-electron chi connectivity index (χ2n) is 3.66. The van der Waals surface area contributed by atoms with Gasteiger partial charge in [0.05, 0.1) is 0 Å². The molecule has 1 aromatic heterocycles. The monoisotopic (exact) mass is 311 g/mol. The molecule has 0 aliphatic carbocycles. The van der Waals surface area contributed by atoms with Crippen LogP contribution in [0, 0.1) is 6.92 Å². The maximum atomic E-state index is 6.05. The molecule has 0 radical (unpaired) electrons. The van der Waals surface area contributed by atoms with E-state index >= 15 is 0 Å². The maximum absolute atomic E-state index is 6.05. The van der Waals surface area contributed by atoms with Crippen molar-refractivity contribution in [3.63, 3.8) is 0 Å². The van der Waals surface area contributed by atoms with Crippen LogP contribution in [-0.2, 0) is 6.61 Å². The molecule has 0 saturated carbocycles. The first-order chi connectivity index (χ1) is 8.16. The van der Waals surface area contributed by atoms with Crippen molar-refractivity contribution in [2.75, 3.05) is 0 Å². The fraction of sp³-hybridized carbons (Fsp3) is 0.154. The Bertz CT molecular complexity index is 531. The largest absolute Gasteiger partial charge is 0.473 e. The number of hydrogen-bond acceptors (Lipinski definition) is 2. The van der Waals surface area contributed by atoms with E-state index < -0.39 is 0 Å². The number of nitrogens with zero attached hydrogens (tertiary/aromatic N) is 1. The summed E-state index contributed by atoms with van der Waals surface area (Å²) in [5, 5.41) is 0.710. The van der Waals surface area contributed by atoms with Gasteiger partial charge in [-0.15, -0.1) is 0 Å². The molecule has 1 aromatic carbocycles. The molecule has 0 saturated heterocycles. The van der Waals surface area contributed by atoms with Gasteiger partial charge < -0.3 is 4.74 Å². The Hall–Kier alpha value is -1.06. The summed E-state index contributed by atoms with van der Waals surface area (Å²) in [6.45, 7) is 2.38. The van der Waals surface area contributed by atoms with Crippen LogP contribution in [0.25, 0.3) is 0 Å². The van der Waals surface area contributed by atoms with E-state index in [9.17, 15) is 0 Å². The normalized spacial score (nSPS) is 10.3. The first-order valence-electron chi connectivity index (χ1n) is 5.15. The Morgan fingerprint density at radius 1 is 1.35 bits per heavy atom. The van der Waals surface area contributed by atoms with Gasteiger partial charge in [0, 0.05) is 26.8 Å². The number of rotatable bonds is 3. The molecule has 0 spiro atoms. The van der Waals surface area contributed by atoms with Gasteiger partial charge >= 0.3 is 0 Å². The summed E-state index contributed by atoms with van der Waals surface area (Å²) in [5.41, 5.74) is 1.95. The van der Waals surface area contributed by atoms with Crippen molar-refractivity contribution in [1.82, 2.24) is 4.98 Å². The second kappa shape index (κ2) is 5.52. The van der Waals surface area contributed by atoms with Gasteiger partial charge in [-0.2, -0.15) is 0 Å². The highest BCUT2D eigenvalue weighted by Gasteiger charge is 2.04. The van der Waals surface area contributed by atoms with Crippen LogP contribution in [0.2, 0.25) is 5.02 Å². The van der Waals surface area contributed by atoms with Gasteiger partial charge in [0.25, 0.3) is 0 Å². The fourth-order valence-corrected chi connectivity index (χ4v) is 2.08. The van der Waals surface area contributed by atoms with Gasteiger partial charge in [-0.25, -0.2) is 4.98 Å². The van der Waals surface area contributed by atoms with Gasteiger partial charge in [-0.05, 0) is 35.0 Å². The van der Waals surface area contributed by atoms with E-state index in [2.05, 4.69) is 20.9 Å². The summed E-state index contributed by atoms with van der Waals surface area (Å²) in [7, 11) is 0. The molecule has 17 heavy (non-hydrogen) atoms. The second-order valence-corrected chi connectivity index (χ2v) is 4.98. The number of ether oxygens (including phenoxy) is 1. The van der Waals surface area contributed by atoms with Crippen LogP contribution < -0.4 is 4.74 Å². The topological polar surface area (TPSA) is 22.1 Å². The quantitative estimate of drug-likeness (QED) is 0.839. The molecule has 2 nitrogen and oxygen atoms in total. The predicted molar refractivity (Wildman–Crippen MR) is 72.5 cm³/mol. The van der Waals surface area contributed by atoms with Crippen LogP contribution in [-0.4, -0.2) is 4.98 Å². The summed E-state index contributed by atoms with van der Waals surface area (Å²) in [4.78, 5) is 4.21. The third kappa shape index (κ3) is 3.20. The summed E-state index contributed by atoms with van der Waals surface area (Å²) >= 11 is 9.41. The van der Waals surface area contributed by atoms with E-state index in [1.165, 1.54) is 0 Å². The Kier molecular flexibility index (Phi) is 4.02. The lowest BCUT2D eigenvalue weighted by Gasteiger charge is -2.09. The standard InChI is InChI=1S/C13H11BrClNO/c1-9-6-11(14)7-16-13(9)17-8-10-4-2-3-5-12(10)15/h2-7H,8H2,1H3. The van der Waals surface area contributed by atoms with Crippen molar-refractivity contribution in [1.29, 1.82) is 0 Å². The molecule has 0 N–H and O–H groups in total. The minimum Gasteiger partial charge on any atom is -0.473 e. The molecule has 4 heteroatoms. The third-order valence-corrected chi connectivity index (χ3v) is 3.12. The number of pyridine rings is 1. The van der Waals surface area contributed by atoms with E-state index in [-0.39, 0.29) is 0 Å². The molecule has 0 unspecified atom stereocenters. The molecule has 0 amide bonds. The molecular formula is C13H11BrClNO. The summed E-state index contributed by atoms with van der Waals surface area (Å²) in [6.07, 6.45) is 1.72. The van der Waals surface area contributed by atoms with Crippen LogP contribution in [0.5, 0.6) is 5.88 Å². The zero-order chi connectivity index (χ0) is 12.3. The lowest BCUT2D eigenvalue weighted by Crippen LogP contribution is -1.99. The van der Waals surface area contributed by atoms with Crippen molar-refractivity contribution in [2.24, 2.45) is 0 Å². The molecule has 0 bridgehead atoms. The summed E-state index contributed by atoms with van der Waals surface area (Å²) in [5.74, 6) is 0.633. The number of aromatic nitrogens is 1. The number of aryl methyl sites for hydroxylation is 1. The summed E-state index contributed by atoms with van der Waals surface area (Å²) < 4.78 is 6.59. The third-order valence-electron chi connectivity index (χ3n) is 2.32. The van der Waals surface area contributed by atoms with E-state index in [0.717, 1.165) is 15.6 Å². The minimum atomic E-state index is 0.426. The van der Waals surface area contributed by atoms with Gasteiger partial charge in [0.15, 0.2) is 0 Å². The number of hydrogen-bond donors (Lipinski definition) is 0. The van der Waals surface area contributed by atoms with Crippen molar-refractivity contribution in [3.05, 3.63) is 57.2 Å². The molecular weight excluding hydrogens is 302 g/mol. The van der Waals surface area contributed by atoms with Crippen molar-refractivity contribution in [3.8, 4) is 5.88 Å². The molecule has 0 atom stereocenters. The average molecular weight is 313 g/mol. The van der Waals surface area contributed by atoms with Crippen LogP contribution in [0.3, 0.4) is 0 Å². The maximum Gasteiger partial charge on any atom is 0.216 e. The summed E-state index contributed by atoms with van der Waals surface area (Å²) in [6, 6.07) is 9.59. The lowest BCUT2D eigenvalue weighted by atomic mass is 10.2. The van der Waals surface area contributed by atoms with Gasteiger partial charge in [-0.3, -0.25) is 0 Å². The molecule has 2 rings (SSSR count). The van der Waals surface area contributed by atoms with E-state index in [1.807, 2.05) is 37.3 Å². The highest BCUT2D eigenvalue weighted by atomic mass is 79.9. The van der Waals surface area contributed by atoms with E-state index in [4.69, 9.17) is 16.3 Å². The molecule has 0 fully saturated rings. The number of benzene rings is 1. The smallest absolute Gasteiger partial charge is 0.216 e. The highest BCUT2D eigenvalue weighted by Crippen LogP contribution is 2.21. The lowest BCUT2D eigenvalue weighted by molar-refractivity contribution is 0.291. The molecule has 1 heterocycles. The fourth-order valence-electron chi connectivity index (χ4n) is 1.44. The molecule has 88 valence electrons. The molecule has 0 aliphatic heterocycles. The van der Waals surface area contributed by atoms with Crippen LogP contribution in [0.4, 0.5) is 0 Å². The van der Waals surface area contributed by atoms with Crippen LogP contribution >= 0.6 is 27.5 Å². The molecule has 2 aromatic rings. The Morgan fingerprint density at radius 2 is 2.12 bits per heavy atom. The molecule has 0 aliphatic rings. The SMILES string of the molecule is Cc1cc(Br)cnc1OCc1ccccc1Cl. The first-order valence-corrected chi connectivity index (χ1v) is 6.32. The van der Waals surface area contributed by atoms with E-state index in [1.54, 1.807) is 6.20 Å². The zero-order valence-electron chi connectivity index (χ0n) is 9.28. The van der Waals surface area contributed by atoms with Crippen LogP contribution in [0.1, 0.15) is 11.1 Å². The van der Waals surface area contributed by atoms with Gasteiger partial charge in [0.2, 0.25) is 5.88 Å². The van der Waals surface area contributed by atoms with Crippen molar-refractivity contribution in [2.45, 2.75) is 13.5 Å². The van der Waals surface area contributed by atoms with Gasteiger partial charge in [0.1, 0.15) is 6.61 Å². The highest BCUT2D eigenvalue weighted by molar-refractivity contribution is 9.10. The predicted octanol–water partition coefficient (Wildman–Crippen LogP) is 4.38. The Morgan fingerprint density at radius 3 is 2.82 bits per heavy atom. The van der Waals surface area contributed by atoms with E-state index in [0.29, 0.717) is 17.5 Å². The Balaban J connectivity index is 2.10. The van der Waals surface area contributed by atoms with Crippen LogP contribution in [0.15, 0.2) is 41.0 Å². The number of halogens is 2. The van der Waals surface area contributed by atoms with Gasteiger partial charge in [-0.1, -0.05) is 29.8 Å². The van der Waals surface area contributed by atoms with Crippen molar-refractivity contribution < 1.29 is 4.74 Å². The Labute approximate surface area is 114 Å². The van der Waals surface area contributed by atoms with Crippen molar-refractivity contribution >= 4 is 27.5 Å². The minimum absolute atomic E-state index is 0.426. The first kappa shape index (κ1) is 12.4. The average Bonchev–Trinajstić information content (AvgIpc) is 2.30. The zero-order valence-corrected chi connectivity index (χ0v) is 11.6.